The highest BCUT2D eigenvalue weighted by atomic mass is 127. The first-order valence-corrected chi connectivity index (χ1v) is 5.95. The molecule has 0 aliphatic heterocycles. The van der Waals surface area contributed by atoms with Crippen LogP contribution in [0.15, 0.2) is 24.5 Å². The normalized spacial score (nSPS) is 10.3. The number of hydrogen-bond donors (Lipinski definition) is 2. The fourth-order valence-corrected chi connectivity index (χ4v) is 1.81. The largest absolute Gasteiger partial charge is 0.383 e. The summed E-state index contributed by atoms with van der Waals surface area (Å²) in [6.45, 7) is 1.81. The lowest BCUT2D eigenvalue weighted by Crippen LogP contribution is -2.03. The summed E-state index contributed by atoms with van der Waals surface area (Å²) in [4.78, 5) is 7.95. The Bertz CT molecular complexity index is 510. The van der Waals surface area contributed by atoms with E-state index in [4.69, 9.17) is 5.73 Å². The summed E-state index contributed by atoms with van der Waals surface area (Å²) < 4.78 is 13.9. The topological polar surface area (TPSA) is 63.8 Å². The molecule has 0 fully saturated rings. The number of nitrogens with zero attached hydrogens (tertiary/aromatic N) is 2. The van der Waals surface area contributed by atoms with Crippen LogP contribution in [0.25, 0.3) is 0 Å². The van der Waals surface area contributed by atoms with Gasteiger partial charge in [0.2, 0.25) is 0 Å². The van der Waals surface area contributed by atoms with E-state index in [-0.39, 0.29) is 5.82 Å². The van der Waals surface area contributed by atoms with Gasteiger partial charge in [0.05, 0.1) is 9.26 Å². The van der Waals surface area contributed by atoms with Crippen LogP contribution in [0.5, 0.6) is 0 Å². The first-order valence-electron chi connectivity index (χ1n) is 4.87. The molecule has 0 radical (unpaired) electrons. The Morgan fingerprint density at radius 1 is 1.35 bits per heavy atom. The van der Waals surface area contributed by atoms with Gasteiger partial charge in [0, 0.05) is 5.56 Å². The van der Waals surface area contributed by atoms with Gasteiger partial charge in [-0.15, -0.1) is 0 Å². The van der Waals surface area contributed by atoms with Gasteiger partial charge in [-0.3, -0.25) is 0 Å². The Hall–Kier alpha value is -1.44. The molecule has 2 aromatic rings. The zero-order valence-electron chi connectivity index (χ0n) is 9.04. The number of aromatic nitrogens is 2. The van der Waals surface area contributed by atoms with Crippen LogP contribution in [0.2, 0.25) is 0 Å². The zero-order chi connectivity index (χ0) is 12.4. The number of nitrogens with one attached hydrogen (secondary N) is 1. The van der Waals surface area contributed by atoms with E-state index >= 15 is 0 Å². The SMILES string of the molecule is Cc1c(N)ncnc1Nc1cccc(F)c1I. The summed E-state index contributed by atoms with van der Waals surface area (Å²) >= 11 is 1.94. The molecule has 1 aromatic heterocycles. The Morgan fingerprint density at radius 2 is 2.12 bits per heavy atom. The minimum absolute atomic E-state index is 0.268. The molecule has 2 rings (SSSR count). The first-order chi connectivity index (χ1) is 8.09. The molecule has 0 saturated heterocycles. The number of anilines is 3. The molecule has 1 aromatic carbocycles. The average Bonchev–Trinajstić information content (AvgIpc) is 2.31. The van der Waals surface area contributed by atoms with Crippen LogP contribution in [0, 0.1) is 16.3 Å². The van der Waals surface area contributed by atoms with Crippen molar-refractivity contribution in [2.75, 3.05) is 11.1 Å². The fraction of sp³-hybridized carbons (Fsp3) is 0.0909. The lowest BCUT2D eigenvalue weighted by Gasteiger charge is -2.11. The molecular formula is C11H10FIN4. The lowest BCUT2D eigenvalue weighted by atomic mass is 10.2. The molecule has 0 aliphatic rings. The molecule has 0 saturated carbocycles. The number of nitrogen functional groups attached to an aromatic ring is 1. The second-order valence-electron chi connectivity index (χ2n) is 3.46. The lowest BCUT2D eigenvalue weighted by molar-refractivity contribution is 0.621. The summed E-state index contributed by atoms with van der Waals surface area (Å²) in [5.41, 5.74) is 7.08. The smallest absolute Gasteiger partial charge is 0.138 e. The quantitative estimate of drug-likeness (QED) is 0.823. The molecule has 88 valence electrons. The third kappa shape index (κ3) is 2.46. The van der Waals surface area contributed by atoms with E-state index in [9.17, 15) is 4.39 Å². The Kier molecular flexibility index (Phi) is 3.41. The summed E-state index contributed by atoms with van der Waals surface area (Å²) in [7, 11) is 0. The fourth-order valence-electron chi connectivity index (χ4n) is 1.32. The van der Waals surface area contributed by atoms with Crippen molar-refractivity contribution >= 4 is 39.9 Å². The average molecular weight is 344 g/mol. The maximum absolute atomic E-state index is 13.4. The minimum atomic E-state index is -0.268. The predicted molar refractivity (Wildman–Crippen MR) is 73.6 cm³/mol. The Balaban J connectivity index is 2.38. The van der Waals surface area contributed by atoms with Gasteiger partial charge in [0.25, 0.3) is 0 Å². The van der Waals surface area contributed by atoms with Gasteiger partial charge in [0.1, 0.15) is 23.8 Å². The molecule has 6 heteroatoms. The Morgan fingerprint density at radius 3 is 2.88 bits per heavy atom. The summed E-state index contributed by atoms with van der Waals surface area (Å²) in [6.07, 6.45) is 1.37. The number of benzene rings is 1. The van der Waals surface area contributed by atoms with E-state index in [1.54, 1.807) is 12.1 Å². The van der Waals surface area contributed by atoms with Crippen LogP contribution in [-0.2, 0) is 0 Å². The standard InChI is InChI=1S/C11H10FIN4/c1-6-10(14)15-5-16-11(6)17-8-4-2-3-7(12)9(8)13/h2-5H,1H3,(H3,14,15,16,17). The van der Waals surface area contributed by atoms with Crippen LogP contribution in [0.3, 0.4) is 0 Å². The van der Waals surface area contributed by atoms with E-state index in [1.165, 1.54) is 12.4 Å². The van der Waals surface area contributed by atoms with Gasteiger partial charge in [-0.1, -0.05) is 6.07 Å². The highest BCUT2D eigenvalue weighted by Gasteiger charge is 2.08. The van der Waals surface area contributed by atoms with Crippen molar-refractivity contribution in [2.24, 2.45) is 0 Å². The summed E-state index contributed by atoms with van der Waals surface area (Å²) in [5, 5.41) is 3.04. The highest BCUT2D eigenvalue weighted by molar-refractivity contribution is 14.1. The van der Waals surface area contributed by atoms with Crippen LogP contribution >= 0.6 is 22.6 Å². The molecular weight excluding hydrogens is 334 g/mol. The van der Waals surface area contributed by atoms with E-state index in [1.807, 2.05) is 29.5 Å². The maximum Gasteiger partial charge on any atom is 0.138 e. The van der Waals surface area contributed by atoms with Crippen molar-refractivity contribution in [3.63, 3.8) is 0 Å². The molecule has 0 aliphatic carbocycles. The molecule has 4 nitrogen and oxygen atoms in total. The predicted octanol–water partition coefficient (Wildman–Crippen LogP) is 2.85. The van der Waals surface area contributed by atoms with Gasteiger partial charge >= 0.3 is 0 Å². The van der Waals surface area contributed by atoms with Gasteiger partial charge < -0.3 is 11.1 Å². The van der Waals surface area contributed by atoms with E-state index in [2.05, 4.69) is 15.3 Å². The molecule has 3 N–H and O–H groups in total. The third-order valence-corrected chi connectivity index (χ3v) is 3.42. The van der Waals surface area contributed by atoms with Gasteiger partial charge in [-0.25, -0.2) is 14.4 Å². The second-order valence-corrected chi connectivity index (χ2v) is 4.54. The molecule has 0 spiro atoms. The molecule has 0 bridgehead atoms. The van der Waals surface area contributed by atoms with E-state index < -0.39 is 0 Å². The molecule has 1 heterocycles. The van der Waals surface area contributed by atoms with E-state index in [0.717, 1.165) is 5.56 Å². The molecule has 0 amide bonds. The van der Waals surface area contributed by atoms with Crippen LogP contribution in [0.4, 0.5) is 21.7 Å². The van der Waals surface area contributed by atoms with Crippen molar-refractivity contribution in [1.82, 2.24) is 9.97 Å². The van der Waals surface area contributed by atoms with Gasteiger partial charge in [-0.2, -0.15) is 0 Å². The Labute approximate surface area is 112 Å². The number of halogens is 2. The highest BCUT2D eigenvalue weighted by Crippen LogP contribution is 2.26. The van der Waals surface area contributed by atoms with Crippen molar-refractivity contribution in [3.05, 3.63) is 39.5 Å². The van der Waals surface area contributed by atoms with Gasteiger partial charge in [0.15, 0.2) is 0 Å². The summed E-state index contributed by atoms with van der Waals surface area (Å²) in [6, 6.07) is 4.83. The number of hydrogen-bond acceptors (Lipinski definition) is 4. The monoisotopic (exact) mass is 344 g/mol. The van der Waals surface area contributed by atoms with Crippen molar-refractivity contribution in [1.29, 1.82) is 0 Å². The van der Waals surface area contributed by atoms with Gasteiger partial charge in [-0.05, 0) is 41.6 Å². The van der Waals surface area contributed by atoms with Crippen LogP contribution in [-0.4, -0.2) is 9.97 Å². The van der Waals surface area contributed by atoms with Crippen LogP contribution in [0.1, 0.15) is 5.56 Å². The summed E-state index contributed by atoms with van der Waals surface area (Å²) in [5.74, 6) is 0.727. The first kappa shape index (κ1) is 12.0. The number of nitrogens with two attached hydrogens (primary N) is 1. The zero-order valence-corrected chi connectivity index (χ0v) is 11.2. The molecule has 0 unspecified atom stereocenters. The van der Waals surface area contributed by atoms with Crippen molar-refractivity contribution in [3.8, 4) is 0 Å². The maximum atomic E-state index is 13.4. The van der Waals surface area contributed by atoms with E-state index in [0.29, 0.717) is 20.9 Å². The van der Waals surface area contributed by atoms with Crippen molar-refractivity contribution in [2.45, 2.75) is 6.92 Å². The van der Waals surface area contributed by atoms with Crippen molar-refractivity contribution < 1.29 is 4.39 Å². The minimum Gasteiger partial charge on any atom is -0.383 e. The van der Waals surface area contributed by atoms with Crippen LogP contribution < -0.4 is 11.1 Å². The molecule has 0 atom stereocenters. The third-order valence-electron chi connectivity index (χ3n) is 2.33. The second kappa shape index (κ2) is 4.82. The molecule has 17 heavy (non-hydrogen) atoms. The number of rotatable bonds is 2.